The number of hydrogen-bond acceptors (Lipinski definition) is 3. The van der Waals surface area contributed by atoms with Crippen LogP contribution in [0.15, 0.2) is 15.1 Å². The first-order chi connectivity index (χ1) is 9.85. The fraction of sp³-hybridized carbons (Fsp3) is 0.462. The van der Waals surface area contributed by atoms with Gasteiger partial charge in [-0.25, -0.2) is 0 Å². The summed E-state index contributed by atoms with van der Waals surface area (Å²) in [5, 5.41) is 8.69. The quantitative estimate of drug-likeness (QED) is 0.766. The number of hydrogen-bond donors (Lipinski definition) is 0. The van der Waals surface area contributed by atoms with Gasteiger partial charge in [0.2, 0.25) is 0 Å². The van der Waals surface area contributed by atoms with Gasteiger partial charge >= 0.3 is 0 Å². The molecule has 8 heteroatoms. The van der Waals surface area contributed by atoms with Gasteiger partial charge in [-0.3, -0.25) is 14.2 Å². The first-order valence-corrected chi connectivity index (χ1v) is 8.10. The summed E-state index contributed by atoms with van der Waals surface area (Å²) in [7, 11) is 3.56. The van der Waals surface area contributed by atoms with Crippen molar-refractivity contribution in [3.63, 3.8) is 0 Å². The highest BCUT2D eigenvalue weighted by Gasteiger charge is 2.22. The van der Waals surface area contributed by atoms with Crippen LogP contribution in [0.1, 0.15) is 28.8 Å². The zero-order valence-corrected chi connectivity index (χ0v) is 15.6. The second kappa shape index (κ2) is 6.31. The minimum Gasteiger partial charge on any atom is -0.334 e. The molecule has 6 nitrogen and oxygen atoms in total. The molecule has 0 saturated heterocycles. The third kappa shape index (κ3) is 3.21. The highest BCUT2D eigenvalue weighted by Crippen LogP contribution is 2.22. The summed E-state index contributed by atoms with van der Waals surface area (Å²) in [4.78, 5) is 14.1. The van der Waals surface area contributed by atoms with Crippen LogP contribution in [-0.2, 0) is 20.1 Å². The maximum absolute atomic E-state index is 12.5. The topological polar surface area (TPSA) is 56.0 Å². The van der Waals surface area contributed by atoms with Crippen LogP contribution in [0.2, 0.25) is 0 Å². The average Bonchev–Trinajstić information content (AvgIpc) is 2.93. The Hall–Kier alpha value is -1.15. The van der Waals surface area contributed by atoms with Gasteiger partial charge in [-0.05, 0) is 45.7 Å². The number of amides is 1. The third-order valence-electron chi connectivity index (χ3n) is 3.31. The second-order valence-corrected chi connectivity index (χ2v) is 6.46. The summed E-state index contributed by atoms with van der Waals surface area (Å²) < 4.78 is 5.16. The molecule has 0 aliphatic heterocycles. The van der Waals surface area contributed by atoms with E-state index >= 15 is 0 Å². The van der Waals surface area contributed by atoms with Crippen molar-refractivity contribution in [3.05, 3.63) is 32.2 Å². The van der Waals surface area contributed by atoms with E-state index in [1.165, 1.54) is 0 Å². The summed E-state index contributed by atoms with van der Waals surface area (Å²) in [5.74, 6) is -0.136. The molecule has 0 saturated carbocycles. The zero-order valence-electron chi connectivity index (χ0n) is 12.4. The Kier molecular flexibility index (Phi) is 4.88. The lowest BCUT2D eigenvalue weighted by molar-refractivity contribution is 0.0775. The summed E-state index contributed by atoms with van der Waals surface area (Å²) in [6.07, 6.45) is 1.91. The SMILES string of the molecule is CCn1cc(Br)c(CN(C)C(=O)c2nn(C)c(C)c2Br)n1. The third-order valence-corrected chi connectivity index (χ3v) is 4.92. The van der Waals surface area contributed by atoms with E-state index in [4.69, 9.17) is 0 Å². The second-order valence-electron chi connectivity index (χ2n) is 4.81. The molecule has 0 aliphatic rings. The van der Waals surface area contributed by atoms with Crippen LogP contribution in [0, 0.1) is 6.92 Å². The maximum Gasteiger partial charge on any atom is 0.275 e. The van der Waals surface area contributed by atoms with E-state index in [0.29, 0.717) is 12.2 Å². The number of aromatic nitrogens is 4. The van der Waals surface area contributed by atoms with E-state index < -0.39 is 0 Å². The predicted molar refractivity (Wildman–Crippen MR) is 87.0 cm³/mol. The Bertz CT molecular complexity index is 676. The Morgan fingerprint density at radius 3 is 2.52 bits per heavy atom. The minimum atomic E-state index is -0.136. The largest absolute Gasteiger partial charge is 0.334 e. The molecule has 0 aliphatic carbocycles. The van der Waals surface area contributed by atoms with E-state index in [-0.39, 0.29) is 5.91 Å². The van der Waals surface area contributed by atoms with Crippen LogP contribution in [0.4, 0.5) is 0 Å². The molecule has 0 N–H and O–H groups in total. The summed E-state index contributed by atoms with van der Waals surface area (Å²) in [6, 6.07) is 0. The molecule has 0 spiro atoms. The molecule has 114 valence electrons. The van der Waals surface area contributed by atoms with Gasteiger partial charge in [0, 0.05) is 26.8 Å². The van der Waals surface area contributed by atoms with Crippen molar-refractivity contribution in [2.75, 3.05) is 7.05 Å². The Morgan fingerprint density at radius 1 is 1.38 bits per heavy atom. The highest BCUT2D eigenvalue weighted by molar-refractivity contribution is 9.10. The summed E-state index contributed by atoms with van der Waals surface area (Å²) in [6.45, 7) is 5.15. The lowest BCUT2D eigenvalue weighted by atomic mass is 10.3. The zero-order chi connectivity index (χ0) is 15.7. The highest BCUT2D eigenvalue weighted by atomic mass is 79.9. The fourth-order valence-corrected chi connectivity index (χ4v) is 2.85. The molecule has 2 heterocycles. The van der Waals surface area contributed by atoms with Crippen molar-refractivity contribution in [3.8, 4) is 0 Å². The molecule has 0 bridgehead atoms. The van der Waals surface area contributed by atoms with E-state index in [1.54, 1.807) is 16.6 Å². The molecule has 2 aromatic rings. The van der Waals surface area contributed by atoms with Gasteiger partial charge in [0.15, 0.2) is 5.69 Å². The van der Waals surface area contributed by atoms with Crippen molar-refractivity contribution < 1.29 is 4.79 Å². The van der Waals surface area contributed by atoms with Crippen LogP contribution >= 0.6 is 31.9 Å². The molecule has 21 heavy (non-hydrogen) atoms. The Labute approximate surface area is 140 Å². The predicted octanol–water partition coefficient (Wildman–Crippen LogP) is 2.74. The van der Waals surface area contributed by atoms with Crippen LogP contribution in [-0.4, -0.2) is 37.4 Å². The number of nitrogens with zero attached hydrogens (tertiary/aromatic N) is 5. The molecule has 0 atom stereocenters. The number of aryl methyl sites for hydroxylation is 2. The molecule has 0 aromatic carbocycles. The number of carbonyl (C=O) groups excluding carboxylic acids is 1. The van der Waals surface area contributed by atoms with Gasteiger partial charge in [-0.15, -0.1) is 0 Å². The molecular weight excluding hydrogens is 402 g/mol. The Balaban J connectivity index is 2.19. The van der Waals surface area contributed by atoms with Gasteiger partial charge in [0.05, 0.1) is 26.9 Å². The lowest BCUT2D eigenvalue weighted by Gasteiger charge is -2.15. The van der Waals surface area contributed by atoms with E-state index in [2.05, 4.69) is 42.1 Å². The van der Waals surface area contributed by atoms with E-state index in [0.717, 1.165) is 26.9 Å². The molecule has 0 unspecified atom stereocenters. The number of rotatable bonds is 4. The van der Waals surface area contributed by atoms with Crippen LogP contribution < -0.4 is 0 Å². The first-order valence-electron chi connectivity index (χ1n) is 6.51. The normalized spacial score (nSPS) is 11.0. The van der Waals surface area contributed by atoms with Gasteiger partial charge < -0.3 is 4.90 Å². The van der Waals surface area contributed by atoms with Gasteiger partial charge in [0.25, 0.3) is 5.91 Å². The summed E-state index contributed by atoms with van der Waals surface area (Å²) >= 11 is 6.90. The molecule has 2 rings (SSSR count). The molecule has 0 radical (unpaired) electrons. The van der Waals surface area contributed by atoms with Crippen LogP contribution in [0.25, 0.3) is 0 Å². The van der Waals surface area contributed by atoms with Gasteiger partial charge in [-0.2, -0.15) is 10.2 Å². The number of halogens is 2. The fourth-order valence-electron chi connectivity index (χ4n) is 1.90. The van der Waals surface area contributed by atoms with Crippen LogP contribution in [0.3, 0.4) is 0 Å². The van der Waals surface area contributed by atoms with Gasteiger partial charge in [0.1, 0.15) is 0 Å². The van der Waals surface area contributed by atoms with Crippen LogP contribution in [0.5, 0.6) is 0 Å². The standard InChI is InChI=1S/C13H17Br2N5O/c1-5-20-6-9(14)10(16-20)7-18(3)13(21)12-11(15)8(2)19(4)17-12/h6H,5,7H2,1-4H3. The summed E-state index contributed by atoms with van der Waals surface area (Å²) in [5.41, 5.74) is 2.17. The average molecular weight is 419 g/mol. The molecule has 0 fully saturated rings. The van der Waals surface area contributed by atoms with Crippen molar-refractivity contribution in [2.45, 2.75) is 26.9 Å². The smallest absolute Gasteiger partial charge is 0.275 e. The van der Waals surface area contributed by atoms with Gasteiger partial charge in [-0.1, -0.05) is 0 Å². The maximum atomic E-state index is 12.5. The van der Waals surface area contributed by atoms with E-state index in [1.807, 2.05) is 31.8 Å². The van der Waals surface area contributed by atoms with Crippen molar-refractivity contribution in [2.24, 2.45) is 7.05 Å². The van der Waals surface area contributed by atoms with Crippen molar-refractivity contribution in [1.82, 2.24) is 24.5 Å². The minimum absolute atomic E-state index is 0.136. The lowest BCUT2D eigenvalue weighted by Crippen LogP contribution is -2.27. The molecule has 2 aromatic heterocycles. The molecule has 1 amide bonds. The monoisotopic (exact) mass is 417 g/mol. The first kappa shape index (κ1) is 16.2. The molecular formula is C13H17Br2N5O. The Morgan fingerprint density at radius 2 is 2.05 bits per heavy atom. The number of carbonyl (C=O) groups is 1. The van der Waals surface area contributed by atoms with Crippen molar-refractivity contribution in [1.29, 1.82) is 0 Å². The van der Waals surface area contributed by atoms with E-state index in [9.17, 15) is 4.79 Å². The van der Waals surface area contributed by atoms with Crippen molar-refractivity contribution >= 4 is 37.8 Å².